The maximum Gasteiger partial charge on any atom is 0.269 e. The molecule has 204 valence electrons. The highest BCUT2D eigenvalue weighted by molar-refractivity contribution is 5.99. The second kappa shape index (κ2) is 12.2. The van der Waals surface area contributed by atoms with E-state index in [9.17, 15) is 9.59 Å². The van der Waals surface area contributed by atoms with Gasteiger partial charge in [0.05, 0.1) is 17.6 Å². The van der Waals surface area contributed by atoms with E-state index in [1.165, 1.54) is 57.2 Å². The maximum absolute atomic E-state index is 12.3. The van der Waals surface area contributed by atoms with Gasteiger partial charge in [0.2, 0.25) is 6.41 Å². The third-order valence-electron chi connectivity index (χ3n) is 8.84. The number of carbonyl (C=O) groups is 2. The van der Waals surface area contributed by atoms with E-state index in [1.807, 2.05) is 0 Å². The molecule has 1 unspecified atom stereocenters. The molecule has 0 radical (unpaired) electrons. The number of amides is 2. The summed E-state index contributed by atoms with van der Waals surface area (Å²) in [5.41, 5.74) is 11.0. The first-order valence-electron chi connectivity index (χ1n) is 14.4. The number of nitrogens with one attached hydrogen (secondary N) is 2. The summed E-state index contributed by atoms with van der Waals surface area (Å²) in [6.45, 7) is 6.10. The predicted molar refractivity (Wildman–Crippen MR) is 152 cm³/mol. The molecule has 2 aromatic rings. The zero-order chi connectivity index (χ0) is 26.5. The number of rotatable bonds is 9. The number of likely N-dealkylation sites (tertiary alicyclic amines) is 1. The van der Waals surface area contributed by atoms with E-state index >= 15 is 0 Å². The maximum atomic E-state index is 12.3. The highest BCUT2D eigenvalue weighted by Gasteiger charge is 2.28. The van der Waals surface area contributed by atoms with Crippen molar-refractivity contribution in [1.82, 2.24) is 15.2 Å². The van der Waals surface area contributed by atoms with Crippen molar-refractivity contribution < 1.29 is 9.59 Å². The Hall–Kier alpha value is -3.13. The van der Waals surface area contributed by atoms with Crippen LogP contribution in [-0.2, 0) is 11.2 Å². The van der Waals surface area contributed by atoms with Gasteiger partial charge in [0, 0.05) is 36.4 Å². The van der Waals surface area contributed by atoms with Gasteiger partial charge in [0.1, 0.15) is 0 Å². The third-order valence-corrected chi connectivity index (χ3v) is 8.84. The molecule has 3 aliphatic rings. The van der Waals surface area contributed by atoms with Gasteiger partial charge in [-0.2, -0.15) is 0 Å². The van der Waals surface area contributed by atoms with Gasteiger partial charge >= 0.3 is 0 Å². The first kappa shape index (κ1) is 26.5. The quantitative estimate of drug-likeness (QED) is 0.427. The Kier molecular flexibility index (Phi) is 8.47. The van der Waals surface area contributed by atoms with Crippen molar-refractivity contribution in [2.24, 2.45) is 5.73 Å². The molecule has 4 N–H and O–H groups in total. The number of nitrogens with zero attached hydrogens (tertiary/aromatic N) is 3. The van der Waals surface area contributed by atoms with Crippen LogP contribution in [0.25, 0.3) is 0 Å². The van der Waals surface area contributed by atoms with Gasteiger partial charge in [0.15, 0.2) is 5.69 Å². The largest absolute Gasteiger partial charge is 0.368 e. The molecule has 1 saturated carbocycles. The minimum Gasteiger partial charge on any atom is -0.368 e. The van der Waals surface area contributed by atoms with Crippen LogP contribution in [0.2, 0.25) is 0 Å². The summed E-state index contributed by atoms with van der Waals surface area (Å²) in [6, 6.07) is 9.60. The number of pyridine rings is 1. The number of primary amides is 1. The fourth-order valence-electron chi connectivity index (χ4n) is 6.77. The molecule has 3 heterocycles. The molecule has 2 aliphatic heterocycles. The lowest BCUT2D eigenvalue weighted by atomic mass is 9.88. The molecule has 0 bridgehead atoms. The predicted octanol–water partition coefficient (Wildman–Crippen LogP) is 4.32. The van der Waals surface area contributed by atoms with E-state index in [4.69, 9.17) is 5.73 Å². The Morgan fingerprint density at radius 2 is 1.79 bits per heavy atom. The number of hydrogen-bond donors (Lipinski definition) is 3. The first-order valence-corrected chi connectivity index (χ1v) is 14.4. The van der Waals surface area contributed by atoms with Crippen molar-refractivity contribution >= 4 is 29.4 Å². The summed E-state index contributed by atoms with van der Waals surface area (Å²) in [4.78, 5) is 32.8. The second-order valence-electron chi connectivity index (χ2n) is 11.1. The van der Waals surface area contributed by atoms with Crippen molar-refractivity contribution in [3.63, 3.8) is 0 Å². The summed E-state index contributed by atoms with van der Waals surface area (Å²) in [7, 11) is 0. The van der Waals surface area contributed by atoms with Gasteiger partial charge in [-0.3, -0.25) is 9.59 Å². The number of benzene rings is 1. The fraction of sp³-hybridized carbons (Fsp3) is 0.567. The normalized spacial score (nSPS) is 21.4. The van der Waals surface area contributed by atoms with E-state index < -0.39 is 5.91 Å². The van der Waals surface area contributed by atoms with Crippen LogP contribution in [0.5, 0.6) is 0 Å². The smallest absolute Gasteiger partial charge is 0.269 e. The van der Waals surface area contributed by atoms with Gasteiger partial charge < -0.3 is 26.2 Å². The molecular formula is C30H42N6O2. The molecule has 8 heteroatoms. The zero-order valence-electron chi connectivity index (χ0n) is 22.6. The molecule has 8 nitrogen and oxygen atoms in total. The topological polar surface area (TPSA) is 104 Å². The van der Waals surface area contributed by atoms with Crippen LogP contribution >= 0.6 is 0 Å². The molecule has 38 heavy (non-hydrogen) atoms. The Morgan fingerprint density at radius 3 is 2.45 bits per heavy atom. The monoisotopic (exact) mass is 518 g/mol. The lowest BCUT2D eigenvalue weighted by Gasteiger charge is -2.36. The van der Waals surface area contributed by atoms with Crippen LogP contribution in [-0.4, -0.2) is 60.5 Å². The highest BCUT2D eigenvalue weighted by Crippen LogP contribution is 2.36. The molecule has 5 rings (SSSR count). The van der Waals surface area contributed by atoms with Gasteiger partial charge in [-0.25, -0.2) is 4.98 Å². The Balaban J connectivity index is 1.32. The number of piperidine rings is 2. The van der Waals surface area contributed by atoms with Crippen molar-refractivity contribution in [3.8, 4) is 0 Å². The van der Waals surface area contributed by atoms with Crippen LogP contribution in [0.4, 0.5) is 17.1 Å². The molecule has 0 spiro atoms. The molecule has 2 saturated heterocycles. The number of anilines is 3. The van der Waals surface area contributed by atoms with Crippen molar-refractivity contribution in [2.75, 3.05) is 36.4 Å². The van der Waals surface area contributed by atoms with Crippen LogP contribution in [0.1, 0.15) is 85.8 Å². The Morgan fingerprint density at radius 1 is 1.05 bits per heavy atom. The van der Waals surface area contributed by atoms with Gasteiger partial charge in [-0.1, -0.05) is 31.9 Å². The van der Waals surface area contributed by atoms with Crippen molar-refractivity contribution in [1.29, 1.82) is 0 Å². The SMILES string of the molecule is CCc1c(N2CCCC(NC=O)C2)cnc(C(N)=O)c1Nc1ccc(C2CCN(C3CCCC3)CC2)cc1. The molecule has 2 amide bonds. The third kappa shape index (κ3) is 5.80. The average molecular weight is 519 g/mol. The fourth-order valence-corrected chi connectivity index (χ4v) is 6.77. The lowest BCUT2D eigenvalue weighted by Crippen LogP contribution is -2.45. The standard InChI is InChI=1S/C30H42N6O2/c1-2-26-27(36-15-5-6-24(19-36)33-20-37)18-32-29(30(31)38)28(26)34-23-11-9-21(10-12-23)22-13-16-35(17-14-22)25-7-3-4-8-25/h9-12,18,20,22,24-25,34H,2-8,13-17,19H2,1H3,(H2,31,38)(H,33,37). The lowest BCUT2D eigenvalue weighted by molar-refractivity contribution is -0.110. The second-order valence-corrected chi connectivity index (χ2v) is 11.1. The van der Waals surface area contributed by atoms with Crippen LogP contribution < -0.4 is 21.3 Å². The van der Waals surface area contributed by atoms with E-state index in [1.54, 1.807) is 6.20 Å². The van der Waals surface area contributed by atoms with Crippen molar-refractivity contribution in [3.05, 3.63) is 47.3 Å². The minimum atomic E-state index is -0.543. The van der Waals surface area contributed by atoms with E-state index in [2.05, 4.69) is 56.6 Å². The van der Waals surface area contributed by atoms with Crippen LogP contribution in [0.15, 0.2) is 30.5 Å². The minimum absolute atomic E-state index is 0.107. The van der Waals surface area contributed by atoms with E-state index in [-0.39, 0.29) is 11.7 Å². The summed E-state index contributed by atoms with van der Waals surface area (Å²) in [6.07, 6.45) is 13.2. The molecule has 1 aliphatic carbocycles. The Bertz CT molecular complexity index is 1110. The van der Waals surface area contributed by atoms with Gasteiger partial charge in [-0.05, 0) is 81.6 Å². The van der Waals surface area contributed by atoms with Crippen molar-refractivity contribution in [2.45, 2.75) is 82.7 Å². The highest BCUT2D eigenvalue weighted by atomic mass is 16.1. The zero-order valence-corrected chi connectivity index (χ0v) is 22.6. The van der Waals surface area contributed by atoms with E-state index in [0.29, 0.717) is 11.6 Å². The number of carbonyl (C=O) groups excluding carboxylic acids is 2. The molecule has 1 aromatic heterocycles. The Labute approximate surface area is 226 Å². The van der Waals surface area contributed by atoms with Crippen LogP contribution in [0.3, 0.4) is 0 Å². The summed E-state index contributed by atoms with van der Waals surface area (Å²) < 4.78 is 0. The summed E-state index contributed by atoms with van der Waals surface area (Å²) in [5, 5.41) is 6.41. The summed E-state index contributed by atoms with van der Waals surface area (Å²) >= 11 is 0. The summed E-state index contributed by atoms with van der Waals surface area (Å²) in [5.74, 6) is 0.0599. The number of hydrogen-bond acceptors (Lipinski definition) is 6. The van der Waals surface area contributed by atoms with Gasteiger partial charge in [-0.15, -0.1) is 0 Å². The average Bonchev–Trinajstić information content (AvgIpc) is 3.49. The number of nitrogens with two attached hydrogens (primary N) is 1. The van der Waals surface area contributed by atoms with Crippen LogP contribution in [0, 0.1) is 0 Å². The van der Waals surface area contributed by atoms with Gasteiger partial charge in [0.25, 0.3) is 5.91 Å². The number of aromatic nitrogens is 1. The molecule has 3 fully saturated rings. The molecule has 1 aromatic carbocycles. The molecular weight excluding hydrogens is 476 g/mol. The van der Waals surface area contributed by atoms with E-state index in [0.717, 1.165) is 61.7 Å². The first-order chi connectivity index (χ1) is 18.6. The molecule has 1 atom stereocenters.